The van der Waals surface area contributed by atoms with Crippen molar-refractivity contribution in [1.29, 1.82) is 0 Å². The molecule has 0 amide bonds. The van der Waals surface area contributed by atoms with Gasteiger partial charge in [-0.1, -0.05) is 24.3 Å². The Bertz CT molecular complexity index is 269. The fraction of sp³-hybridized carbons (Fsp3) is 0.455. The van der Waals surface area contributed by atoms with Crippen LogP contribution in [0.1, 0.15) is 11.1 Å². The molecule has 1 rings (SSSR count). The van der Waals surface area contributed by atoms with Gasteiger partial charge in [-0.15, -0.1) is 0 Å². The summed E-state index contributed by atoms with van der Waals surface area (Å²) in [5.41, 5.74) is 2.24. The van der Waals surface area contributed by atoms with Gasteiger partial charge >= 0.3 is 0 Å². The number of hydrogen-bond donors (Lipinski definition) is 2. The van der Waals surface area contributed by atoms with E-state index in [0.717, 1.165) is 11.1 Å². The minimum atomic E-state index is -0.477. The molecule has 0 aromatic heterocycles. The molecule has 78 valence electrons. The quantitative estimate of drug-likeness (QED) is 0.734. The van der Waals surface area contributed by atoms with Gasteiger partial charge in [-0.2, -0.15) is 0 Å². The van der Waals surface area contributed by atoms with Crippen molar-refractivity contribution in [3.05, 3.63) is 35.4 Å². The zero-order valence-corrected chi connectivity index (χ0v) is 8.31. The van der Waals surface area contributed by atoms with Crippen molar-refractivity contribution < 1.29 is 14.9 Å². The molecular weight excluding hydrogens is 180 g/mol. The predicted octanol–water partition coefficient (Wildman–Crippen LogP) is 0.865. The highest BCUT2D eigenvalue weighted by Crippen LogP contribution is 2.09. The highest BCUT2D eigenvalue weighted by Gasteiger charge is 2.06. The van der Waals surface area contributed by atoms with E-state index in [1.807, 2.05) is 31.2 Å². The van der Waals surface area contributed by atoms with Crippen molar-refractivity contribution >= 4 is 0 Å². The summed E-state index contributed by atoms with van der Waals surface area (Å²) >= 11 is 0. The zero-order chi connectivity index (χ0) is 10.4. The van der Waals surface area contributed by atoms with E-state index in [0.29, 0.717) is 6.61 Å². The fourth-order valence-corrected chi connectivity index (χ4v) is 1.14. The van der Waals surface area contributed by atoms with Gasteiger partial charge in [0.2, 0.25) is 0 Å². The summed E-state index contributed by atoms with van der Waals surface area (Å²) in [6.07, 6.45) is -0.477. The summed E-state index contributed by atoms with van der Waals surface area (Å²) in [5, 5.41) is 17.6. The molecule has 0 heterocycles. The molecule has 2 N–H and O–H groups in total. The summed E-state index contributed by atoms with van der Waals surface area (Å²) in [6, 6.07) is 7.89. The van der Waals surface area contributed by atoms with Crippen LogP contribution >= 0.6 is 0 Å². The summed E-state index contributed by atoms with van der Waals surface area (Å²) in [7, 11) is 0. The van der Waals surface area contributed by atoms with Gasteiger partial charge in [-0.25, -0.2) is 0 Å². The highest BCUT2D eigenvalue weighted by molar-refractivity contribution is 5.24. The maximum Gasteiger partial charge on any atom is 0.104 e. The van der Waals surface area contributed by atoms with Crippen molar-refractivity contribution in [2.45, 2.75) is 19.6 Å². The number of benzene rings is 1. The summed E-state index contributed by atoms with van der Waals surface area (Å²) < 4.78 is 5.31. The molecule has 0 aliphatic carbocycles. The number of rotatable bonds is 5. The van der Waals surface area contributed by atoms with E-state index in [-0.39, 0.29) is 13.2 Å². The molecule has 14 heavy (non-hydrogen) atoms. The summed E-state index contributed by atoms with van der Waals surface area (Å²) in [4.78, 5) is 0. The number of aliphatic hydroxyl groups is 2. The van der Waals surface area contributed by atoms with Crippen LogP contribution in [0.2, 0.25) is 0 Å². The fourth-order valence-electron chi connectivity index (χ4n) is 1.14. The van der Waals surface area contributed by atoms with E-state index in [1.54, 1.807) is 0 Å². The third-order valence-corrected chi connectivity index (χ3v) is 2.14. The monoisotopic (exact) mass is 196 g/mol. The van der Waals surface area contributed by atoms with Gasteiger partial charge in [0.05, 0.1) is 19.8 Å². The molecule has 3 nitrogen and oxygen atoms in total. The van der Waals surface area contributed by atoms with Crippen LogP contribution in [-0.4, -0.2) is 29.5 Å². The number of aryl methyl sites for hydroxylation is 1. The third-order valence-electron chi connectivity index (χ3n) is 2.14. The molecule has 1 aromatic carbocycles. The summed E-state index contributed by atoms with van der Waals surface area (Å²) in [5.74, 6) is 0. The number of ether oxygens (including phenoxy) is 1. The Hall–Kier alpha value is -0.900. The van der Waals surface area contributed by atoms with Crippen molar-refractivity contribution in [1.82, 2.24) is 0 Å². The van der Waals surface area contributed by atoms with Gasteiger partial charge in [0.1, 0.15) is 6.10 Å². The van der Waals surface area contributed by atoms with Crippen LogP contribution in [0.15, 0.2) is 24.3 Å². The Kier molecular flexibility index (Phi) is 4.59. The first-order valence-corrected chi connectivity index (χ1v) is 4.65. The topological polar surface area (TPSA) is 49.7 Å². The zero-order valence-electron chi connectivity index (χ0n) is 8.31. The van der Waals surface area contributed by atoms with E-state index in [4.69, 9.17) is 14.9 Å². The third kappa shape index (κ3) is 3.10. The Labute approximate surface area is 84.0 Å². The van der Waals surface area contributed by atoms with Crippen LogP contribution in [0.3, 0.4) is 0 Å². The van der Waals surface area contributed by atoms with Crippen LogP contribution in [0.25, 0.3) is 0 Å². The van der Waals surface area contributed by atoms with E-state index in [9.17, 15) is 0 Å². The lowest BCUT2D eigenvalue weighted by atomic mass is 10.1. The Morgan fingerprint density at radius 3 is 2.43 bits per heavy atom. The maximum absolute atomic E-state index is 8.79. The van der Waals surface area contributed by atoms with Crippen LogP contribution in [0.4, 0.5) is 0 Å². The average molecular weight is 196 g/mol. The molecular formula is C11H16O3. The maximum atomic E-state index is 8.79. The van der Waals surface area contributed by atoms with Gasteiger partial charge in [-0.3, -0.25) is 0 Å². The molecule has 0 aliphatic rings. The van der Waals surface area contributed by atoms with E-state index in [1.165, 1.54) is 0 Å². The first-order valence-electron chi connectivity index (χ1n) is 4.65. The Morgan fingerprint density at radius 2 is 1.86 bits per heavy atom. The van der Waals surface area contributed by atoms with Gasteiger partial charge in [0.25, 0.3) is 0 Å². The number of aliphatic hydroxyl groups excluding tert-OH is 2. The second kappa shape index (κ2) is 5.75. The molecule has 0 aliphatic heterocycles. The average Bonchev–Trinajstić information content (AvgIpc) is 2.22. The Morgan fingerprint density at radius 1 is 1.21 bits per heavy atom. The normalized spacial score (nSPS) is 10.9. The standard InChI is InChI=1S/C11H16O3/c1-9-4-2-3-5-10(9)8-14-11(6-12)7-13/h2-5,11-13H,6-8H2,1H3. The first-order chi connectivity index (χ1) is 6.77. The molecule has 0 atom stereocenters. The molecule has 0 fully saturated rings. The lowest BCUT2D eigenvalue weighted by molar-refractivity contribution is -0.0286. The number of hydrogen-bond acceptors (Lipinski definition) is 3. The van der Waals surface area contributed by atoms with Crippen LogP contribution in [0.5, 0.6) is 0 Å². The minimum Gasteiger partial charge on any atom is -0.394 e. The Balaban J connectivity index is 2.49. The van der Waals surface area contributed by atoms with Crippen LogP contribution < -0.4 is 0 Å². The largest absolute Gasteiger partial charge is 0.394 e. The smallest absolute Gasteiger partial charge is 0.104 e. The van der Waals surface area contributed by atoms with Crippen molar-refractivity contribution in [3.8, 4) is 0 Å². The molecule has 0 bridgehead atoms. The molecule has 3 heteroatoms. The van der Waals surface area contributed by atoms with E-state index >= 15 is 0 Å². The van der Waals surface area contributed by atoms with E-state index < -0.39 is 6.10 Å². The molecule has 0 spiro atoms. The predicted molar refractivity (Wildman–Crippen MR) is 53.9 cm³/mol. The molecule has 0 radical (unpaired) electrons. The van der Waals surface area contributed by atoms with Gasteiger partial charge in [-0.05, 0) is 18.1 Å². The summed E-state index contributed by atoms with van der Waals surface area (Å²) in [6.45, 7) is 2.13. The highest BCUT2D eigenvalue weighted by atomic mass is 16.5. The van der Waals surface area contributed by atoms with Crippen molar-refractivity contribution in [3.63, 3.8) is 0 Å². The van der Waals surface area contributed by atoms with Crippen LogP contribution in [0, 0.1) is 6.92 Å². The van der Waals surface area contributed by atoms with Gasteiger partial charge in [0.15, 0.2) is 0 Å². The van der Waals surface area contributed by atoms with Crippen LogP contribution in [-0.2, 0) is 11.3 Å². The second-order valence-electron chi connectivity index (χ2n) is 3.22. The molecule has 0 unspecified atom stereocenters. The van der Waals surface area contributed by atoms with Crippen molar-refractivity contribution in [2.75, 3.05) is 13.2 Å². The van der Waals surface area contributed by atoms with Crippen molar-refractivity contribution in [2.24, 2.45) is 0 Å². The molecule has 0 saturated carbocycles. The SMILES string of the molecule is Cc1ccccc1COC(CO)CO. The second-order valence-corrected chi connectivity index (χ2v) is 3.22. The minimum absolute atomic E-state index is 0.150. The van der Waals surface area contributed by atoms with E-state index in [2.05, 4.69) is 0 Å². The first kappa shape index (κ1) is 11.2. The van der Waals surface area contributed by atoms with Gasteiger partial charge < -0.3 is 14.9 Å². The molecule has 0 saturated heterocycles. The lowest BCUT2D eigenvalue weighted by Crippen LogP contribution is -2.21. The van der Waals surface area contributed by atoms with Gasteiger partial charge in [0, 0.05) is 0 Å². The lowest BCUT2D eigenvalue weighted by Gasteiger charge is -2.13. The molecule has 1 aromatic rings.